The fraction of sp³-hybridized carbons (Fsp3) is 0.700. The van der Waals surface area contributed by atoms with E-state index in [0.717, 1.165) is 13.1 Å². The molecule has 1 aliphatic heterocycles. The maximum absolute atomic E-state index is 9.05. The van der Waals surface area contributed by atoms with Gasteiger partial charge in [-0.25, -0.2) is 4.68 Å². The number of hydrogen-bond acceptors (Lipinski definition) is 7. The molecule has 1 atom stereocenters. The van der Waals surface area contributed by atoms with Crippen LogP contribution in [-0.2, 0) is 4.74 Å². The zero-order valence-electron chi connectivity index (χ0n) is 10.5. The number of nitrogens with two attached hydrogens (primary N) is 2. The zero-order valence-corrected chi connectivity index (χ0v) is 11.3. The standard InChI is InChI=1S/C10H18N6O2S/c11-8(19)7(1-4-17)16-9(12)13-10(14-16)15-2-5-18-6-3-15/h7,17H,1-6H2,(H2,11,19)(H2,12,13,14). The molecule has 1 fully saturated rings. The Kier molecular flexibility index (Phi) is 4.51. The average Bonchev–Trinajstić information content (AvgIpc) is 2.78. The van der Waals surface area contributed by atoms with Crippen molar-refractivity contribution in [3.63, 3.8) is 0 Å². The van der Waals surface area contributed by atoms with Crippen molar-refractivity contribution in [3.05, 3.63) is 0 Å². The lowest BCUT2D eigenvalue weighted by Crippen LogP contribution is -2.37. The quantitative estimate of drug-likeness (QED) is 0.585. The van der Waals surface area contributed by atoms with Gasteiger partial charge in [0, 0.05) is 19.7 Å². The van der Waals surface area contributed by atoms with Crippen LogP contribution in [0.2, 0.25) is 0 Å². The van der Waals surface area contributed by atoms with Crippen LogP contribution in [0.5, 0.6) is 0 Å². The first-order chi connectivity index (χ1) is 9.13. The summed E-state index contributed by atoms with van der Waals surface area (Å²) >= 11 is 4.98. The number of rotatable bonds is 5. The van der Waals surface area contributed by atoms with E-state index in [0.29, 0.717) is 25.6 Å². The number of thiocarbonyl (C=S) groups is 1. The summed E-state index contributed by atoms with van der Waals surface area (Å²) in [5.74, 6) is 0.785. The van der Waals surface area contributed by atoms with Crippen LogP contribution in [0.4, 0.5) is 11.9 Å². The lowest BCUT2D eigenvalue weighted by molar-refractivity contribution is 0.122. The van der Waals surface area contributed by atoms with Crippen molar-refractivity contribution in [1.29, 1.82) is 0 Å². The summed E-state index contributed by atoms with van der Waals surface area (Å²) in [7, 11) is 0. The van der Waals surface area contributed by atoms with Gasteiger partial charge in [-0.05, 0) is 6.42 Å². The van der Waals surface area contributed by atoms with Crippen LogP contribution < -0.4 is 16.4 Å². The first-order valence-corrected chi connectivity index (χ1v) is 6.49. The molecule has 0 bridgehead atoms. The van der Waals surface area contributed by atoms with Gasteiger partial charge >= 0.3 is 0 Å². The Morgan fingerprint density at radius 1 is 1.47 bits per heavy atom. The molecule has 0 saturated carbocycles. The lowest BCUT2D eigenvalue weighted by atomic mass is 10.2. The smallest absolute Gasteiger partial charge is 0.246 e. The molecule has 1 aromatic heterocycles. The number of aliphatic hydroxyl groups excluding tert-OH is 1. The predicted molar refractivity (Wildman–Crippen MR) is 75.0 cm³/mol. The molecule has 19 heavy (non-hydrogen) atoms. The molecular weight excluding hydrogens is 268 g/mol. The minimum absolute atomic E-state index is 0.0474. The van der Waals surface area contributed by atoms with E-state index in [1.54, 1.807) is 0 Å². The van der Waals surface area contributed by atoms with Crippen molar-refractivity contribution in [1.82, 2.24) is 14.8 Å². The van der Waals surface area contributed by atoms with Gasteiger partial charge in [-0.2, -0.15) is 4.98 Å². The van der Waals surface area contributed by atoms with Gasteiger partial charge in [-0.3, -0.25) is 0 Å². The van der Waals surface area contributed by atoms with Crippen LogP contribution in [0.15, 0.2) is 0 Å². The molecule has 0 spiro atoms. The number of aromatic nitrogens is 3. The van der Waals surface area contributed by atoms with Crippen molar-refractivity contribution < 1.29 is 9.84 Å². The van der Waals surface area contributed by atoms with E-state index in [4.69, 9.17) is 33.5 Å². The number of anilines is 2. The van der Waals surface area contributed by atoms with Crippen molar-refractivity contribution in [2.75, 3.05) is 43.5 Å². The molecule has 9 heteroatoms. The number of hydrogen-bond donors (Lipinski definition) is 3. The molecule has 5 N–H and O–H groups in total. The normalized spacial score (nSPS) is 17.4. The van der Waals surface area contributed by atoms with Gasteiger partial charge in [0.1, 0.15) is 6.04 Å². The first kappa shape index (κ1) is 14.0. The second-order valence-electron chi connectivity index (χ2n) is 4.24. The van der Waals surface area contributed by atoms with Gasteiger partial charge in [-0.1, -0.05) is 12.2 Å². The molecule has 106 valence electrons. The molecule has 0 aromatic carbocycles. The van der Waals surface area contributed by atoms with Crippen LogP contribution >= 0.6 is 12.2 Å². The van der Waals surface area contributed by atoms with Gasteiger partial charge in [0.05, 0.1) is 18.2 Å². The SMILES string of the molecule is NC(=S)C(CCO)n1nc(N2CCOCC2)nc1N. The highest BCUT2D eigenvalue weighted by molar-refractivity contribution is 7.80. The number of ether oxygens (including phenoxy) is 1. The Labute approximate surface area is 116 Å². The zero-order chi connectivity index (χ0) is 13.8. The molecule has 2 rings (SSSR count). The predicted octanol–water partition coefficient (Wildman–Crippen LogP) is -1.09. The Morgan fingerprint density at radius 2 is 2.16 bits per heavy atom. The summed E-state index contributed by atoms with van der Waals surface area (Å²) in [5, 5.41) is 13.4. The second-order valence-corrected chi connectivity index (χ2v) is 4.72. The Balaban J connectivity index is 2.21. The fourth-order valence-electron chi connectivity index (χ4n) is 1.96. The van der Waals surface area contributed by atoms with Crippen LogP contribution in [-0.4, -0.2) is 57.8 Å². The van der Waals surface area contributed by atoms with Gasteiger partial charge in [0.25, 0.3) is 0 Å². The van der Waals surface area contributed by atoms with Crippen LogP contribution in [0, 0.1) is 0 Å². The van der Waals surface area contributed by atoms with Crippen LogP contribution in [0.25, 0.3) is 0 Å². The van der Waals surface area contributed by atoms with Crippen molar-refractivity contribution in [2.24, 2.45) is 5.73 Å². The minimum Gasteiger partial charge on any atom is -0.396 e. The summed E-state index contributed by atoms with van der Waals surface area (Å²) in [6.07, 6.45) is 0.367. The molecule has 1 aliphatic rings. The maximum Gasteiger partial charge on any atom is 0.246 e. The summed E-state index contributed by atoms with van der Waals surface area (Å²) < 4.78 is 6.75. The van der Waals surface area contributed by atoms with Gasteiger partial charge in [-0.15, -0.1) is 5.10 Å². The summed E-state index contributed by atoms with van der Waals surface area (Å²) in [6, 6.07) is -0.415. The number of nitrogen functional groups attached to an aromatic ring is 1. The largest absolute Gasteiger partial charge is 0.396 e. The molecule has 1 unspecified atom stereocenters. The van der Waals surface area contributed by atoms with Crippen LogP contribution in [0.1, 0.15) is 12.5 Å². The minimum atomic E-state index is -0.415. The second kappa shape index (κ2) is 6.13. The lowest BCUT2D eigenvalue weighted by Gasteiger charge is -2.25. The van der Waals surface area contributed by atoms with Crippen molar-refractivity contribution >= 4 is 29.1 Å². The summed E-state index contributed by atoms with van der Waals surface area (Å²) in [5.41, 5.74) is 11.5. The fourth-order valence-corrected chi connectivity index (χ4v) is 2.18. The third kappa shape index (κ3) is 3.11. The third-order valence-electron chi connectivity index (χ3n) is 2.97. The van der Waals surface area contributed by atoms with E-state index in [1.807, 2.05) is 4.90 Å². The Bertz CT molecular complexity index is 445. The number of nitrogens with zero attached hydrogens (tertiary/aromatic N) is 4. The summed E-state index contributed by atoms with van der Waals surface area (Å²) in [6.45, 7) is 2.68. The van der Waals surface area contributed by atoms with E-state index in [-0.39, 0.29) is 17.5 Å². The van der Waals surface area contributed by atoms with Gasteiger partial charge in [0.15, 0.2) is 0 Å². The first-order valence-electron chi connectivity index (χ1n) is 6.08. The molecule has 0 aliphatic carbocycles. The molecule has 0 amide bonds. The van der Waals surface area contributed by atoms with Crippen LogP contribution in [0.3, 0.4) is 0 Å². The number of aliphatic hydroxyl groups is 1. The van der Waals surface area contributed by atoms with E-state index in [9.17, 15) is 0 Å². The maximum atomic E-state index is 9.05. The monoisotopic (exact) mass is 286 g/mol. The van der Waals surface area contributed by atoms with Crippen molar-refractivity contribution in [3.8, 4) is 0 Å². The Morgan fingerprint density at radius 3 is 2.74 bits per heavy atom. The molecule has 1 saturated heterocycles. The van der Waals surface area contributed by atoms with Gasteiger partial charge in [0.2, 0.25) is 11.9 Å². The topological polar surface area (TPSA) is 115 Å². The molecule has 2 heterocycles. The number of morpholine rings is 1. The molecule has 1 aromatic rings. The third-order valence-corrected chi connectivity index (χ3v) is 3.24. The van der Waals surface area contributed by atoms with E-state index < -0.39 is 6.04 Å². The molecule has 8 nitrogen and oxygen atoms in total. The van der Waals surface area contributed by atoms with E-state index in [1.165, 1.54) is 4.68 Å². The van der Waals surface area contributed by atoms with Gasteiger partial charge < -0.3 is 26.2 Å². The molecular formula is C10H18N6O2S. The summed E-state index contributed by atoms with van der Waals surface area (Å²) in [4.78, 5) is 6.45. The highest BCUT2D eigenvalue weighted by atomic mass is 32.1. The highest BCUT2D eigenvalue weighted by Gasteiger charge is 2.22. The average molecular weight is 286 g/mol. The Hall–Kier alpha value is -1.45. The van der Waals surface area contributed by atoms with Crippen molar-refractivity contribution in [2.45, 2.75) is 12.5 Å². The van der Waals surface area contributed by atoms with E-state index in [2.05, 4.69) is 10.1 Å². The van der Waals surface area contributed by atoms with E-state index >= 15 is 0 Å². The highest BCUT2D eigenvalue weighted by Crippen LogP contribution is 2.19. The molecule has 0 radical (unpaired) electrons.